The van der Waals surface area contributed by atoms with E-state index in [1.54, 1.807) is 0 Å². The van der Waals surface area contributed by atoms with Gasteiger partial charge in [-0.15, -0.1) is 0 Å². The van der Waals surface area contributed by atoms with Gasteiger partial charge in [0, 0.05) is 17.1 Å². The average molecular weight is 261 g/mol. The van der Waals surface area contributed by atoms with E-state index < -0.39 is 0 Å². The van der Waals surface area contributed by atoms with Crippen LogP contribution in [-0.4, -0.2) is 16.0 Å². The summed E-state index contributed by atoms with van der Waals surface area (Å²) in [4.78, 5) is 12.1. The number of benzene rings is 1. The molecule has 1 heterocycles. The number of carbonyl (C=O) groups excluding carboxylic acids is 1. The summed E-state index contributed by atoms with van der Waals surface area (Å²) in [6.45, 7) is 1.89. The lowest BCUT2D eigenvalue weighted by molar-refractivity contribution is 0.0963. The minimum Gasteiger partial charge on any atom is -0.294 e. The third kappa shape index (κ3) is 1.85. The fraction of sp³-hybridized carbons (Fsp3) is 0.286. The maximum absolute atomic E-state index is 12.1. The predicted octanol–water partition coefficient (Wildman–Crippen LogP) is 3.28. The third-order valence-corrected chi connectivity index (χ3v) is 3.73. The van der Waals surface area contributed by atoms with Gasteiger partial charge in [-0.25, -0.2) is 0 Å². The number of rotatable bonds is 1. The fourth-order valence-electron chi connectivity index (χ4n) is 2.62. The summed E-state index contributed by atoms with van der Waals surface area (Å²) in [6, 6.07) is 7.73. The Morgan fingerprint density at radius 2 is 2.22 bits per heavy atom. The maximum atomic E-state index is 12.1. The standard InChI is InChI=1S/C14H13ClN2O/c1-8-14-12(17-16-8)6-10(7-13(14)18)9-3-2-4-11(15)5-9/h2-5,10H,6-7H2,1H3,(H,16,17)/t10-/m1/s1. The quantitative estimate of drug-likeness (QED) is 0.855. The Bertz CT molecular complexity index is 618. The molecule has 0 bridgehead atoms. The topological polar surface area (TPSA) is 45.8 Å². The maximum Gasteiger partial charge on any atom is 0.167 e. The van der Waals surface area contributed by atoms with Gasteiger partial charge in [0.05, 0.1) is 11.3 Å². The molecule has 0 fully saturated rings. The van der Waals surface area contributed by atoms with Crippen LogP contribution >= 0.6 is 11.6 Å². The fourth-order valence-corrected chi connectivity index (χ4v) is 2.82. The van der Waals surface area contributed by atoms with E-state index in [-0.39, 0.29) is 11.7 Å². The highest BCUT2D eigenvalue weighted by Gasteiger charge is 2.29. The van der Waals surface area contributed by atoms with Crippen molar-refractivity contribution in [2.75, 3.05) is 0 Å². The van der Waals surface area contributed by atoms with Gasteiger partial charge in [-0.3, -0.25) is 9.89 Å². The number of fused-ring (bicyclic) bond motifs is 1. The molecule has 1 aromatic carbocycles. The molecular formula is C14H13ClN2O. The Morgan fingerprint density at radius 1 is 1.39 bits per heavy atom. The molecule has 0 unspecified atom stereocenters. The van der Waals surface area contributed by atoms with E-state index >= 15 is 0 Å². The zero-order valence-corrected chi connectivity index (χ0v) is 10.8. The van der Waals surface area contributed by atoms with Crippen LogP contribution < -0.4 is 0 Å². The Kier molecular flexibility index (Phi) is 2.71. The van der Waals surface area contributed by atoms with Crippen LogP contribution in [0.4, 0.5) is 0 Å². The molecule has 2 aromatic rings. The first-order valence-corrected chi connectivity index (χ1v) is 6.35. The molecule has 3 rings (SSSR count). The van der Waals surface area contributed by atoms with Gasteiger partial charge >= 0.3 is 0 Å². The number of Topliss-reactive ketones (excluding diaryl/α,β-unsaturated/α-hetero) is 1. The number of aryl methyl sites for hydroxylation is 1. The molecule has 0 spiro atoms. The number of nitrogens with zero attached hydrogens (tertiary/aromatic N) is 1. The van der Waals surface area contributed by atoms with Crippen molar-refractivity contribution in [1.82, 2.24) is 10.2 Å². The Morgan fingerprint density at radius 3 is 3.00 bits per heavy atom. The van der Waals surface area contributed by atoms with Gasteiger partial charge < -0.3 is 0 Å². The number of aromatic amines is 1. The van der Waals surface area contributed by atoms with Crippen molar-refractivity contribution >= 4 is 17.4 Å². The number of halogens is 1. The molecule has 1 aliphatic carbocycles. The van der Waals surface area contributed by atoms with Crippen LogP contribution in [-0.2, 0) is 6.42 Å². The number of hydrogen-bond acceptors (Lipinski definition) is 2. The van der Waals surface area contributed by atoms with Crippen molar-refractivity contribution in [3.63, 3.8) is 0 Å². The summed E-state index contributed by atoms with van der Waals surface area (Å²) in [6.07, 6.45) is 1.33. The first-order chi connectivity index (χ1) is 8.65. The monoisotopic (exact) mass is 260 g/mol. The SMILES string of the molecule is Cc1[nH]nc2c1C(=O)C[C@H](c1cccc(Cl)c1)C2. The largest absolute Gasteiger partial charge is 0.294 e. The van der Waals surface area contributed by atoms with E-state index in [0.29, 0.717) is 11.4 Å². The summed E-state index contributed by atoms with van der Waals surface area (Å²) in [7, 11) is 0. The number of hydrogen-bond donors (Lipinski definition) is 1. The number of aromatic nitrogens is 2. The molecule has 3 nitrogen and oxygen atoms in total. The third-order valence-electron chi connectivity index (χ3n) is 3.49. The molecule has 92 valence electrons. The summed E-state index contributed by atoms with van der Waals surface area (Å²) >= 11 is 6.00. The van der Waals surface area contributed by atoms with Crippen LogP contribution in [0.1, 0.15) is 39.6 Å². The van der Waals surface area contributed by atoms with E-state index in [1.165, 1.54) is 0 Å². The molecule has 4 heteroatoms. The Balaban J connectivity index is 1.97. The zero-order valence-electron chi connectivity index (χ0n) is 10.0. The summed E-state index contributed by atoms with van der Waals surface area (Å²) in [5, 5.41) is 7.83. The molecule has 0 saturated heterocycles. The number of H-pyrrole nitrogens is 1. The molecule has 0 amide bonds. The first kappa shape index (κ1) is 11.5. The lowest BCUT2D eigenvalue weighted by Crippen LogP contribution is -2.18. The van der Waals surface area contributed by atoms with Crippen LogP contribution in [0.15, 0.2) is 24.3 Å². The van der Waals surface area contributed by atoms with Gasteiger partial charge in [0.25, 0.3) is 0 Å². The predicted molar refractivity (Wildman–Crippen MR) is 70.2 cm³/mol. The highest BCUT2D eigenvalue weighted by molar-refractivity contribution is 6.30. The second-order valence-electron chi connectivity index (χ2n) is 4.75. The highest BCUT2D eigenvalue weighted by Crippen LogP contribution is 2.33. The van der Waals surface area contributed by atoms with Gasteiger partial charge in [-0.1, -0.05) is 23.7 Å². The van der Waals surface area contributed by atoms with E-state index in [9.17, 15) is 4.79 Å². The van der Waals surface area contributed by atoms with E-state index in [0.717, 1.165) is 28.9 Å². The van der Waals surface area contributed by atoms with Crippen molar-refractivity contribution in [1.29, 1.82) is 0 Å². The van der Waals surface area contributed by atoms with E-state index in [2.05, 4.69) is 10.2 Å². The second kappa shape index (κ2) is 4.25. The molecule has 0 aliphatic heterocycles. The molecule has 18 heavy (non-hydrogen) atoms. The Labute approximate surface area is 110 Å². The van der Waals surface area contributed by atoms with Crippen molar-refractivity contribution < 1.29 is 4.79 Å². The lowest BCUT2D eigenvalue weighted by Gasteiger charge is -2.21. The first-order valence-electron chi connectivity index (χ1n) is 5.97. The summed E-state index contributed by atoms with van der Waals surface area (Å²) < 4.78 is 0. The summed E-state index contributed by atoms with van der Waals surface area (Å²) in [5.41, 5.74) is 3.66. The van der Waals surface area contributed by atoms with Crippen LogP contribution in [0.25, 0.3) is 0 Å². The molecule has 0 radical (unpaired) electrons. The van der Waals surface area contributed by atoms with E-state index in [4.69, 9.17) is 11.6 Å². The number of nitrogens with one attached hydrogen (secondary N) is 1. The molecule has 1 atom stereocenters. The molecule has 1 aliphatic rings. The smallest absolute Gasteiger partial charge is 0.167 e. The van der Waals surface area contributed by atoms with Crippen molar-refractivity contribution in [2.24, 2.45) is 0 Å². The molecule has 1 aromatic heterocycles. The molecule has 1 N–H and O–H groups in total. The van der Waals surface area contributed by atoms with Gasteiger partial charge in [-0.05, 0) is 37.0 Å². The summed E-state index contributed by atoms with van der Waals surface area (Å²) in [5.74, 6) is 0.360. The van der Waals surface area contributed by atoms with Crippen LogP contribution in [0.3, 0.4) is 0 Å². The second-order valence-corrected chi connectivity index (χ2v) is 5.19. The molecule has 0 saturated carbocycles. The average Bonchev–Trinajstić information content (AvgIpc) is 2.71. The number of carbonyl (C=O) groups is 1. The van der Waals surface area contributed by atoms with Gasteiger partial charge in [-0.2, -0.15) is 5.10 Å². The van der Waals surface area contributed by atoms with Crippen LogP contribution in [0, 0.1) is 6.92 Å². The molecular weight excluding hydrogens is 248 g/mol. The lowest BCUT2D eigenvalue weighted by atomic mass is 9.82. The van der Waals surface area contributed by atoms with Crippen molar-refractivity contribution in [3.05, 3.63) is 51.8 Å². The van der Waals surface area contributed by atoms with Crippen molar-refractivity contribution in [3.8, 4) is 0 Å². The van der Waals surface area contributed by atoms with Crippen LogP contribution in [0.5, 0.6) is 0 Å². The van der Waals surface area contributed by atoms with Crippen molar-refractivity contribution in [2.45, 2.75) is 25.7 Å². The van der Waals surface area contributed by atoms with Gasteiger partial charge in [0.15, 0.2) is 5.78 Å². The highest BCUT2D eigenvalue weighted by atomic mass is 35.5. The van der Waals surface area contributed by atoms with Crippen LogP contribution in [0.2, 0.25) is 5.02 Å². The van der Waals surface area contributed by atoms with Gasteiger partial charge in [0.1, 0.15) is 0 Å². The zero-order chi connectivity index (χ0) is 12.7. The van der Waals surface area contributed by atoms with E-state index in [1.807, 2.05) is 31.2 Å². The Hall–Kier alpha value is -1.61. The minimum absolute atomic E-state index is 0.174. The van der Waals surface area contributed by atoms with Gasteiger partial charge in [0.2, 0.25) is 0 Å². The minimum atomic E-state index is 0.174. The number of ketones is 1. The normalized spacial score (nSPS) is 18.8.